The van der Waals surface area contributed by atoms with Gasteiger partial charge in [0.15, 0.2) is 0 Å². The summed E-state index contributed by atoms with van der Waals surface area (Å²) in [7, 11) is 0. The van der Waals surface area contributed by atoms with Crippen LogP contribution < -0.4 is 0 Å². The van der Waals surface area contributed by atoms with Crippen molar-refractivity contribution >= 4 is 0 Å². The van der Waals surface area contributed by atoms with Crippen molar-refractivity contribution in [3.05, 3.63) is 0 Å². The molecule has 0 aromatic carbocycles. The quantitative estimate of drug-likeness (QED) is 0.540. The van der Waals surface area contributed by atoms with E-state index in [0.29, 0.717) is 23.0 Å². The van der Waals surface area contributed by atoms with Gasteiger partial charge in [0.05, 0.1) is 25.4 Å². The van der Waals surface area contributed by atoms with Gasteiger partial charge >= 0.3 is 0 Å². The molecule has 0 amide bonds. The minimum atomic E-state index is 0.486. The number of ether oxygens (including phenoxy) is 2. The molecule has 0 N–H and O–H groups in total. The van der Waals surface area contributed by atoms with Crippen LogP contribution in [-0.4, -0.2) is 25.4 Å². The Hall–Kier alpha value is -0.0800. The topological polar surface area (TPSA) is 18.5 Å². The van der Waals surface area contributed by atoms with Gasteiger partial charge in [-0.25, -0.2) is 0 Å². The molecule has 0 radical (unpaired) electrons. The first kappa shape index (κ1) is 6.39. The molecule has 2 saturated heterocycles. The minimum Gasteiger partial charge on any atom is -0.374 e. The van der Waals surface area contributed by atoms with Crippen LogP contribution in [0.2, 0.25) is 0 Å². The van der Waals surface area contributed by atoms with E-state index in [-0.39, 0.29) is 0 Å². The third kappa shape index (κ3) is 0.549. The van der Waals surface area contributed by atoms with E-state index in [2.05, 4.69) is 0 Å². The molecule has 2 spiro atoms. The van der Waals surface area contributed by atoms with Crippen molar-refractivity contribution in [3.8, 4) is 0 Å². The molecule has 4 rings (SSSR count). The van der Waals surface area contributed by atoms with E-state index in [4.69, 9.17) is 9.47 Å². The smallest absolute Gasteiger partial charge is 0.0921 e. The van der Waals surface area contributed by atoms with Crippen LogP contribution in [0.3, 0.4) is 0 Å². The lowest BCUT2D eigenvalue weighted by Gasteiger charge is -2.14. The molecule has 2 aliphatic heterocycles. The summed E-state index contributed by atoms with van der Waals surface area (Å²) < 4.78 is 11.8. The molecule has 0 aromatic rings. The molecule has 4 fully saturated rings. The van der Waals surface area contributed by atoms with Crippen LogP contribution >= 0.6 is 0 Å². The molecule has 2 nitrogen and oxygen atoms in total. The first-order valence-corrected chi connectivity index (χ1v) is 5.08. The molecule has 12 heavy (non-hydrogen) atoms. The van der Waals surface area contributed by atoms with Crippen LogP contribution in [0.15, 0.2) is 0 Å². The van der Waals surface area contributed by atoms with E-state index >= 15 is 0 Å². The molecular weight excluding hydrogens is 152 g/mol. The van der Waals surface area contributed by atoms with Crippen LogP contribution in [0.1, 0.15) is 25.7 Å². The highest BCUT2D eigenvalue weighted by Gasteiger charge is 2.69. The Bertz CT molecular complexity index is 214. The number of fused-ring (bicyclic) bond motifs is 3. The normalized spacial score (nSPS) is 50.0. The second kappa shape index (κ2) is 1.60. The van der Waals surface area contributed by atoms with Crippen molar-refractivity contribution in [1.82, 2.24) is 0 Å². The maximum absolute atomic E-state index is 5.91. The van der Waals surface area contributed by atoms with Crippen molar-refractivity contribution in [1.29, 1.82) is 0 Å². The lowest BCUT2D eigenvalue weighted by Crippen LogP contribution is -2.27. The minimum absolute atomic E-state index is 0.486. The molecule has 0 aromatic heterocycles. The van der Waals surface area contributed by atoms with Gasteiger partial charge in [0.25, 0.3) is 0 Å². The summed E-state index contributed by atoms with van der Waals surface area (Å²) in [6, 6.07) is 0. The van der Waals surface area contributed by atoms with Crippen molar-refractivity contribution in [2.75, 3.05) is 13.2 Å². The molecule has 2 aliphatic carbocycles. The summed E-state index contributed by atoms with van der Waals surface area (Å²) in [6.07, 6.45) is 6.38. The Kier molecular flexibility index (Phi) is 0.851. The highest BCUT2D eigenvalue weighted by molar-refractivity contribution is 5.17. The standard InChI is InChI=1S/C10H14O2/c1-2-9(1)5-11-8-7(9)12-6-10(8)3-4-10/h7-8H,1-6H2. The number of rotatable bonds is 0. The van der Waals surface area contributed by atoms with Gasteiger partial charge in [-0.05, 0) is 25.7 Å². The fourth-order valence-corrected chi connectivity index (χ4v) is 3.03. The summed E-state index contributed by atoms with van der Waals surface area (Å²) >= 11 is 0. The van der Waals surface area contributed by atoms with Gasteiger partial charge in [-0.2, -0.15) is 0 Å². The van der Waals surface area contributed by atoms with Crippen molar-refractivity contribution < 1.29 is 9.47 Å². The molecule has 2 atom stereocenters. The first-order chi connectivity index (χ1) is 5.85. The fourth-order valence-electron chi connectivity index (χ4n) is 3.03. The van der Waals surface area contributed by atoms with Gasteiger partial charge in [0.1, 0.15) is 0 Å². The van der Waals surface area contributed by atoms with Crippen LogP contribution in [-0.2, 0) is 9.47 Å². The molecule has 0 bridgehead atoms. The lowest BCUT2D eigenvalue weighted by atomic mass is 9.92. The third-order valence-corrected chi connectivity index (χ3v) is 4.37. The Morgan fingerprint density at radius 1 is 0.750 bits per heavy atom. The summed E-state index contributed by atoms with van der Waals surface area (Å²) in [5.41, 5.74) is 0.994. The van der Waals surface area contributed by atoms with E-state index in [1.54, 1.807) is 0 Å². The van der Waals surface area contributed by atoms with E-state index in [1.165, 1.54) is 25.7 Å². The fraction of sp³-hybridized carbons (Fsp3) is 1.00. The highest BCUT2D eigenvalue weighted by Crippen LogP contribution is 2.66. The largest absolute Gasteiger partial charge is 0.374 e. The Morgan fingerprint density at radius 3 is 1.50 bits per heavy atom. The Morgan fingerprint density at radius 2 is 1.17 bits per heavy atom. The SMILES string of the molecule is C1CC12COC1C2OCC12CC2. The van der Waals surface area contributed by atoms with Crippen molar-refractivity contribution in [3.63, 3.8) is 0 Å². The van der Waals surface area contributed by atoms with Crippen LogP contribution in [0.4, 0.5) is 0 Å². The van der Waals surface area contributed by atoms with Gasteiger partial charge < -0.3 is 9.47 Å². The van der Waals surface area contributed by atoms with Crippen molar-refractivity contribution in [2.45, 2.75) is 37.9 Å². The molecule has 2 heteroatoms. The Labute approximate surface area is 72.2 Å². The van der Waals surface area contributed by atoms with Crippen LogP contribution in [0, 0.1) is 10.8 Å². The molecule has 2 unspecified atom stereocenters. The number of hydrogen-bond acceptors (Lipinski definition) is 2. The second-order valence-corrected chi connectivity index (χ2v) is 5.19. The third-order valence-electron chi connectivity index (χ3n) is 4.37. The monoisotopic (exact) mass is 166 g/mol. The molecule has 2 saturated carbocycles. The highest BCUT2D eigenvalue weighted by atomic mass is 16.6. The van der Waals surface area contributed by atoms with Gasteiger partial charge in [-0.15, -0.1) is 0 Å². The Balaban J connectivity index is 1.73. The lowest BCUT2D eigenvalue weighted by molar-refractivity contribution is 0.0564. The zero-order chi connectivity index (χ0) is 7.81. The predicted octanol–water partition coefficient (Wildman–Crippen LogP) is 1.34. The first-order valence-electron chi connectivity index (χ1n) is 5.08. The average Bonchev–Trinajstić information content (AvgIpc) is 2.89. The summed E-state index contributed by atoms with van der Waals surface area (Å²) in [6.45, 7) is 1.98. The maximum Gasteiger partial charge on any atom is 0.0921 e. The zero-order valence-electron chi connectivity index (χ0n) is 7.21. The molecular formula is C10H14O2. The van der Waals surface area contributed by atoms with Crippen LogP contribution in [0.25, 0.3) is 0 Å². The maximum atomic E-state index is 5.91. The summed E-state index contributed by atoms with van der Waals surface area (Å²) in [4.78, 5) is 0. The van der Waals surface area contributed by atoms with E-state index in [9.17, 15) is 0 Å². The summed E-state index contributed by atoms with van der Waals surface area (Å²) in [5.74, 6) is 0. The second-order valence-electron chi connectivity index (χ2n) is 5.19. The molecule has 2 heterocycles. The zero-order valence-corrected chi connectivity index (χ0v) is 7.21. The average molecular weight is 166 g/mol. The van der Waals surface area contributed by atoms with E-state index in [0.717, 1.165) is 13.2 Å². The van der Waals surface area contributed by atoms with E-state index in [1.807, 2.05) is 0 Å². The predicted molar refractivity (Wildman–Crippen MR) is 42.8 cm³/mol. The van der Waals surface area contributed by atoms with Crippen molar-refractivity contribution in [2.24, 2.45) is 10.8 Å². The molecule has 4 aliphatic rings. The van der Waals surface area contributed by atoms with Crippen LogP contribution in [0.5, 0.6) is 0 Å². The van der Waals surface area contributed by atoms with Gasteiger partial charge in [-0.3, -0.25) is 0 Å². The van der Waals surface area contributed by atoms with Gasteiger partial charge in [0, 0.05) is 10.8 Å². The number of hydrogen-bond donors (Lipinski definition) is 0. The molecule has 66 valence electrons. The summed E-state index contributed by atoms with van der Waals surface area (Å²) in [5, 5.41) is 0. The van der Waals surface area contributed by atoms with Gasteiger partial charge in [-0.1, -0.05) is 0 Å². The van der Waals surface area contributed by atoms with E-state index < -0.39 is 0 Å². The van der Waals surface area contributed by atoms with Gasteiger partial charge in [0.2, 0.25) is 0 Å².